The third-order valence-electron chi connectivity index (χ3n) is 3.94. The lowest BCUT2D eigenvalue weighted by Gasteiger charge is -2.36. The Hall–Kier alpha value is -0.570. The van der Waals surface area contributed by atoms with E-state index in [-0.39, 0.29) is 12.1 Å². The lowest BCUT2D eigenvalue weighted by molar-refractivity contribution is -0.163. The average molecular weight is 227 g/mol. The van der Waals surface area contributed by atoms with Gasteiger partial charge in [0.05, 0.1) is 11.5 Å². The Morgan fingerprint density at radius 3 is 2.50 bits per heavy atom. The van der Waals surface area contributed by atoms with Gasteiger partial charge in [-0.1, -0.05) is 13.8 Å². The van der Waals surface area contributed by atoms with E-state index in [0.717, 1.165) is 38.0 Å². The fourth-order valence-electron chi connectivity index (χ4n) is 2.20. The molecule has 0 radical (unpaired) electrons. The van der Waals surface area contributed by atoms with Crippen molar-refractivity contribution in [3.63, 3.8) is 0 Å². The first kappa shape index (κ1) is 13.5. The van der Waals surface area contributed by atoms with Crippen molar-refractivity contribution in [3.8, 4) is 0 Å². The molecule has 0 spiro atoms. The maximum absolute atomic E-state index is 12.1. The smallest absolute Gasteiger partial charge is 0.313 e. The zero-order valence-electron chi connectivity index (χ0n) is 10.8. The highest BCUT2D eigenvalue weighted by Crippen LogP contribution is 2.39. The molecule has 1 saturated carbocycles. The minimum absolute atomic E-state index is 0.00951. The van der Waals surface area contributed by atoms with Gasteiger partial charge in [0.2, 0.25) is 0 Å². The third-order valence-corrected chi connectivity index (χ3v) is 3.94. The van der Waals surface area contributed by atoms with Gasteiger partial charge in [0.25, 0.3) is 0 Å². The van der Waals surface area contributed by atoms with Crippen LogP contribution in [-0.4, -0.2) is 18.6 Å². The Labute approximate surface area is 98.7 Å². The van der Waals surface area contributed by atoms with Gasteiger partial charge in [0, 0.05) is 6.54 Å². The van der Waals surface area contributed by atoms with Crippen LogP contribution in [0, 0.1) is 11.3 Å². The molecule has 3 nitrogen and oxygen atoms in total. The van der Waals surface area contributed by atoms with Crippen LogP contribution < -0.4 is 5.73 Å². The molecule has 0 amide bonds. The molecule has 3 heteroatoms. The summed E-state index contributed by atoms with van der Waals surface area (Å²) in [5, 5.41) is 0. The van der Waals surface area contributed by atoms with Crippen LogP contribution in [0.2, 0.25) is 0 Å². The molecule has 0 bridgehead atoms. The average Bonchev–Trinajstić information content (AvgIpc) is 2.30. The van der Waals surface area contributed by atoms with E-state index in [1.165, 1.54) is 0 Å². The summed E-state index contributed by atoms with van der Waals surface area (Å²) in [5.41, 5.74) is 5.41. The van der Waals surface area contributed by atoms with Crippen molar-refractivity contribution < 1.29 is 9.53 Å². The molecule has 0 aromatic carbocycles. The van der Waals surface area contributed by atoms with E-state index in [1.807, 2.05) is 13.8 Å². The van der Waals surface area contributed by atoms with Crippen LogP contribution in [0.3, 0.4) is 0 Å². The summed E-state index contributed by atoms with van der Waals surface area (Å²) in [6.07, 6.45) is 4.83. The molecule has 1 aliphatic rings. The van der Waals surface area contributed by atoms with Crippen LogP contribution in [0.4, 0.5) is 0 Å². The van der Waals surface area contributed by atoms with Crippen LogP contribution in [0.25, 0.3) is 0 Å². The fraction of sp³-hybridized carbons (Fsp3) is 0.923. The quantitative estimate of drug-likeness (QED) is 0.751. The van der Waals surface area contributed by atoms with E-state index in [1.54, 1.807) is 0 Å². The van der Waals surface area contributed by atoms with E-state index >= 15 is 0 Å². The maximum atomic E-state index is 12.1. The highest BCUT2D eigenvalue weighted by molar-refractivity contribution is 5.77. The summed E-state index contributed by atoms with van der Waals surface area (Å²) in [5.74, 6) is 0.646. The first-order valence-electron chi connectivity index (χ1n) is 6.45. The van der Waals surface area contributed by atoms with Crippen LogP contribution in [0.5, 0.6) is 0 Å². The van der Waals surface area contributed by atoms with Crippen molar-refractivity contribution in [1.82, 2.24) is 0 Å². The predicted molar refractivity (Wildman–Crippen MR) is 65.0 cm³/mol. The van der Waals surface area contributed by atoms with E-state index < -0.39 is 5.41 Å². The van der Waals surface area contributed by atoms with Gasteiger partial charge < -0.3 is 10.5 Å². The standard InChI is InChI=1S/C13H25NO2/c1-4-11(3)16-12(15)13(9-14)7-5-10(2)6-8-13/h10-11H,4-9,14H2,1-3H3. The molecule has 1 unspecified atom stereocenters. The lowest BCUT2D eigenvalue weighted by atomic mass is 9.71. The Kier molecular flexibility index (Phi) is 4.78. The predicted octanol–water partition coefficient (Wildman–Crippen LogP) is 2.48. The molecular formula is C13H25NO2. The Bertz CT molecular complexity index is 232. The van der Waals surface area contributed by atoms with Crippen molar-refractivity contribution in [2.45, 2.75) is 59.0 Å². The summed E-state index contributed by atoms with van der Waals surface area (Å²) in [6.45, 7) is 6.62. The number of carbonyl (C=O) groups excluding carboxylic acids is 1. The number of esters is 1. The van der Waals surface area contributed by atoms with Gasteiger partial charge >= 0.3 is 5.97 Å². The van der Waals surface area contributed by atoms with Gasteiger partial charge in [-0.3, -0.25) is 4.79 Å². The Morgan fingerprint density at radius 1 is 1.50 bits per heavy atom. The van der Waals surface area contributed by atoms with Crippen molar-refractivity contribution in [1.29, 1.82) is 0 Å². The minimum atomic E-state index is -0.393. The number of carbonyl (C=O) groups is 1. The van der Waals surface area contributed by atoms with Gasteiger partial charge in [0.15, 0.2) is 0 Å². The maximum Gasteiger partial charge on any atom is 0.313 e. The van der Waals surface area contributed by atoms with Crippen molar-refractivity contribution in [3.05, 3.63) is 0 Å². The number of hydrogen-bond acceptors (Lipinski definition) is 3. The third kappa shape index (κ3) is 2.97. The highest BCUT2D eigenvalue weighted by Gasteiger charge is 2.41. The Morgan fingerprint density at radius 2 is 2.06 bits per heavy atom. The van der Waals surface area contributed by atoms with Crippen molar-refractivity contribution in [2.24, 2.45) is 17.1 Å². The van der Waals surface area contributed by atoms with E-state index in [9.17, 15) is 4.79 Å². The SMILES string of the molecule is CCC(C)OC(=O)C1(CN)CCC(C)CC1. The summed E-state index contributed by atoms with van der Waals surface area (Å²) >= 11 is 0. The van der Waals surface area contributed by atoms with Gasteiger partial charge in [-0.2, -0.15) is 0 Å². The molecule has 1 atom stereocenters. The van der Waals surface area contributed by atoms with Crippen molar-refractivity contribution in [2.75, 3.05) is 6.54 Å². The van der Waals surface area contributed by atoms with E-state index in [0.29, 0.717) is 6.54 Å². The molecule has 0 aromatic heterocycles. The van der Waals surface area contributed by atoms with Gasteiger partial charge in [0.1, 0.15) is 0 Å². The van der Waals surface area contributed by atoms with Crippen LogP contribution in [0.15, 0.2) is 0 Å². The first-order chi connectivity index (χ1) is 7.54. The van der Waals surface area contributed by atoms with Crippen LogP contribution >= 0.6 is 0 Å². The van der Waals surface area contributed by atoms with E-state index in [2.05, 4.69) is 6.92 Å². The zero-order valence-corrected chi connectivity index (χ0v) is 10.8. The zero-order chi connectivity index (χ0) is 12.2. The van der Waals surface area contributed by atoms with Crippen LogP contribution in [-0.2, 0) is 9.53 Å². The summed E-state index contributed by atoms with van der Waals surface area (Å²) in [7, 11) is 0. The molecule has 1 aliphatic carbocycles. The molecule has 2 N–H and O–H groups in total. The molecule has 16 heavy (non-hydrogen) atoms. The van der Waals surface area contributed by atoms with Crippen molar-refractivity contribution >= 4 is 5.97 Å². The largest absolute Gasteiger partial charge is 0.462 e. The molecule has 1 fully saturated rings. The molecule has 0 aliphatic heterocycles. The monoisotopic (exact) mass is 227 g/mol. The van der Waals surface area contributed by atoms with Gasteiger partial charge in [-0.25, -0.2) is 0 Å². The molecule has 0 aromatic rings. The number of nitrogens with two attached hydrogens (primary N) is 1. The molecule has 94 valence electrons. The summed E-state index contributed by atoms with van der Waals surface area (Å²) in [4.78, 5) is 12.1. The normalized spacial score (nSPS) is 32.1. The van der Waals surface area contributed by atoms with Gasteiger partial charge in [-0.15, -0.1) is 0 Å². The van der Waals surface area contributed by atoms with Crippen LogP contribution in [0.1, 0.15) is 52.9 Å². The highest BCUT2D eigenvalue weighted by atomic mass is 16.5. The van der Waals surface area contributed by atoms with E-state index in [4.69, 9.17) is 10.5 Å². The number of rotatable bonds is 4. The topological polar surface area (TPSA) is 52.3 Å². The number of ether oxygens (including phenoxy) is 1. The molecular weight excluding hydrogens is 202 g/mol. The first-order valence-corrected chi connectivity index (χ1v) is 6.45. The molecule has 1 rings (SSSR count). The Balaban J connectivity index is 2.62. The fourth-order valence-corrected chi connectivity index (χ4v) is 2.20. The minimum Gasteiger partial charge on any atom is -0.462 e. The summed E-state index contributed by atoms with van der Waals surface area (Å²) < 4.78 is 5.45. The molecule has 0 saturated heterocycles. The summed E-state index contributed by atoms with van der Waals surface area (Å²) in [6, 6.07) is 0. The molecule has 0 heterocycles. The van der Waals surface area contributed by atoms with Gasteiger partial charge in [-0.05, 0) is 44.9 Å². The second kappa shape index (κ2) is 5.67. The second-order valence-corrected chi connectivity index (χ2v) is 5.29. The lowest BCUT2D eigenvalue weighted by Crippen LogP contribution is -2.43. The second-order valence-electron chi connectivity index (χ2n) is 5.29. The number of hydrogen-bond donors (Lipinski definition) is 1.